The van der Waals surface area contributed by atoms with Gasteiger partial charge >= 0.3 is 0 Å². The van der Waals surface area contributed by atoms with E-state index in [4.69, 9.17) is 0 Å². The SMILES string of the molecule is C=C1C=C(C)CC(C)=C1P(c1c(C)cc(C)cc1C)c1c(C)cc(C)cc1C. The maximum atomic E-state index is 4.50. The Labute approximate surface area is 172 Å². The molecule has 2 aromatic rings. The van der Waals surface area contributed by atoms with Crippen LogP contribution in [0.4, 0.5) is 0 Å². The van der Waals surface area contributed by atoms with Gasteiger partial charge in [0.1, 0.15) is 0 Å². The second kappa shape index (κ2) is 7.84. The molecule has 0 spiro atoms. The van der Waals surface area contributed by atoms with Crippen LogP contribution in [-0.2, 0) is 0 Å². The zero-order valence-electron chi connectivity index (χ0n) is 18.7. The molecule has 0 N–H and O–H groups in total. The van der Waals surface area contributed by atoms with Gasteiger partial charge < -0.3 is 0 Å². The second-order valence-corrected chi connectivity index (χ2v) is 10.7. The first-order chi connectivity index (χ1) is 13.1. The highest BCUT2D eigenvalue weighted by atomic mass is 31.1. The van der Waals surface area contributed by atoms with E-state index in [1.807, 2.05) is 0 Å². The molecular weight excluding hydrogens is 355 g/mol. The molecule has 28 heavy (non-hydrogen) atoms. The van der Waals surface area contributed by atoms with Gasteiger partial charge in [0.25, 0.3) is 0 Å². The normalized spacial score (nSPS) is 14.8. The Balaban J connectivity index is 2.38. The quantitative estimate of drug-likeness (QED) is 0.490. The molecule has 0 atom stereocenters. The Kier molecular flexibility index (Phi) is 5.83. The third kappa shape index (κ3) is 3.81. The highest BCUT2D eigenvalue weighted by molar-refractivity contribution is 7.77. The lowest BCUT2D eigenvalue weighted by atomic mass is 9.98. The average molecular weight is 389 g/mol. The Hall–Kier alpha value is -1.91. The molecule has 0 amide bonds. The molecule has 0 saturated heterocycles. The van der Waals surface area contributed by atoms with Crippen LogP contribution in [0.2, 0.25) is 0 Å². The highest BCUT2D eigenvalue weighted by Crippen LogP contribution is 2.53. The van der Waals surface area contributed by atoms with Gasteiger partial charge in [-0.25, -0.2) is 0 Å². The van der Waals surface area contributed by atoms with Gasteiger partial charge in [0.15, 0.2) is 0 Å². The fourth-order valence-corrected chi connectivity index (χ4v) is 8.07. The summed E-state index contributed by atoms with van der Waals surface area (Å²) >= 11 is 0. The number of hydrogen-bond acceptors (Lipinski definition) is 0. The van der Waals surface area contributed by atoms with Crippen molar-refractivity contribution in [1.82, 2.24) is 0 Å². The van der Waals surface area contributed by atoms with E-state index in [2.05, 4.69) is 92.3 Å². The van der Waals surface area contributed by atoms with Crippen LogP contribution < -0.4 is 10.6 Å². The number of rotatable bonds is 3. The molecule has 3 rings (SSSR count). The lowest BCUT2D eigenvalue weighted by Crippen LogP contribution is -2.24. The molecular formula is C27H33P. The van der Waals surface area contributed by atoms with E-state index in [-0.39, 0.29) is 0 Å². The van der Waals surface area contributed by atoms with Crippen LogP contribution in [0.1, 0.15) is 53.6 Å². The van der Waals surface area contributed by atoms with Crippen molar-refractivity contribution in [3.05, 3.63) is 92.3 Å². The summed E-state index contributed by atoms with van der Waals surface area (Å²) in [6, 6.07) is 9.39. The van der Waals surface area contributed by atoms with Gasteiger partial charge in [-0.1, -0.05) is 59.2 Å². The predicted octanol–water partition coefficient (Wildman–Crippen LogP) is 7.15. The van der Waals surface area contributed by atoms with E-state index in [9.17, 15) is 0 Å². The van der Waals surface area contributed by atoms with Crippen molar-refractivity contribution >= 4 is 18.5 Å². The molecule has 0 unspecified atom stereocenters. The zero-order chi connectivity index (χ0) is 20.7. The van der Waals surface area contributed by atoms with Gasteiger partial charge in [-0.3, -0.25) is 0 Å². The molecule has 1 aliphatic carbocycles. The van der Waals surface area contributed by atoms with Crippen molar-refractivity contribution in [2.75, 3.05) is 0 Å². The fourth-order valence-electron chi connectivity index (χ4n) is 4.91. The van der Waals surface area contributed by atoms with E-state index in [0.717, 1.165) is 6.42 Å². The summed E-state index contributed by atoms with van der Waals surface area (Å²) in [5, 5.41) is 4.50. The standard InChI is InChI=1S/C27H33P/c1-16-10-19(4)25(20(5)11-16)28(26-21(6)12-17(2)13-22(26)7)27-23(8)14-18(3)15-24(27)9/h10,12-15H,4,11H2,1-3,5-9H3. The van der Waals surface area contributed by atoms with Crippen molar-refractivity contribution in [2.24, 2.45) is 0 Å². The van der Waals surface area contributed by atoms with Crippen LogP contribution >= 0.6 is 7.92 Å². The molecule has 0 aromatic heterocycles. The summed E-state index contributed by atoms with van der Waals surface area (Å²) in [6.45, 7) is 22.6. The minimum absolute atomic E-state index is 0.639. The van der Waals surface area contributed by atoms with Crippen molar-refractivity contribution in [1.29, 1.82) is 0 Å². The molecule has 0 heterocycles. The first-order valence-electron chi connectivity index (χ1n) is 10.1. The van der Waals surface area contributed by atoms with Gasteiger partial charge in [-0.15, -0.1) is 0 Å². The second-order valence-electron chi connectivity index (χ2n) is 8.65. The molecule has 0 nitrogen and oxygen atoms in total. The van der Waals surface area contributed by atoms with Crippen molar-refractivity contribution < 1.29 is 0 Å². The van der Waals surface area contributed by atoms with Gasteiger partial charge in [0, 0.05) is 0 Å². The highest BCUT2D eigenvalue weighted by Gasteiger charge is 2.29. The van der Waals surface area contributed by atoms with Crippen LogP contribution in [0.3, 0.4) is 0 Å². The van der Waals surface area contributed by atoms with Crippen LogP contribution in [0, 0.1) is 41.5 Å². The molecule has 2 aromatic carbocycles. The third-order valence-electron chi connectivity index (χ3n) is 5.61. The summed E-state index contributed by atoms with van der Waals surface area (Å²) in [6.07, 6.45) is 3.36. The molecule has 0 aliphatic heterocycles. The molecule has 146 valence electrons. The predicted molar refractivity (Wildman–Crippen MR) is 128 cm³/mol. The smallest absolute Gasteiger partial charge is 0.00918 e. The summed E-state index contributed by atoms with van der Waals surface area (Å²) < 4.78 is 0. The Morgan fingerprint density at radius 1 is 0.679 bits per heavy atom. The summed E-state index contributed by atoms with van der Waals surface area (Å²) in [5.74, 6) is 0. The van der Waals surface area contributed by atoms with Crippen LogP contribution in [0.15, 0.2) is 59.0 Å². The van der Waals surface area contributed by atoms with Crippen molar-refractivity contribution in [3.8, 4) is 0 Å². The van der Waals surface area contributed by atoms with E-state index in [0.29, 0.717) is 0 Å². The summed E-state index contributed by atoms with van der Waals surface area (Å²) in [7, 11) is -0.639. The third-order valence-corrected chi connectivity index (χ3v) is 9.04. The monoisotopic (exact) mass is 388 g/mol. The molecule has 0 bridgehead atoms. The zero-order valence-corrected chi connectivity index (χ0v) is 19.6. The maximum Gasteiger partial charge on any atom is -0.00918 e. The first kappa shape index (κ1) is 20.8. The Morgan fingerprint density at radius 3 is 1.43 bits per heavy atom. The largest absolute Gasteiger partial charge is 0.0911 e. The van der Waals surface area contributed by atoms with E-state index in [1.165, 1.54) is 66.0 Å². The number of benzene rings is 2. The van der Waals surface area contributed by atoms with Gasteiger partial charge in [-0.2, -0.15) is 0 Å². The van der Waals surface area contributed by atoms with Gasteiger partial charge in [0.2, 0.25) is 0 Å². The number of aryl methyl sites for hydroxylation is 6. The van der Waals surface area contributed by atoms with Gasteiger partial charge in [0.05, 0.1) is 0 Å². The minimum atomic E-state index is -0.639. The summed E-state index contributed by atoms with van der Waals surface area (Å²) in [5.41, 5.74) is 12.4. The molecule has 0 fully saturated rings. The van der Waals surface area contributed by atoms with Crippen LogP contribution in [0.25, 0.3) is 0 Å². The molecule has 0 saturated carbocycles. The van der Waals surface area contributed by atoms with Crippen molar-refractivity contribution in [2.45, 2.75) is 61.8 Å². The fraction of sp³-hybridized carbons (Fsp3) is 0.333. The average Bonchev–Trinajstić information content (AvgIpc) is 2.51. The Morgan fingerprint density at radius 2 is 1.07 bits per heavy atom. The lowest BCUT2D eigenvalue weighted by molar-refractivity contribution is 1.07. The van der Waals surface area contributed by atoms with Crippen LogP contribution in [0.5, 0.6) is 0 Å². The molecule has 1 aliphatic rings. The van der Waals surface area contributed by atoms with E-state index < -0.39 is 7.92 Å². The minimum Gasteiger partial charge on any atom is -0.0911 e. The van der Waals surface area contributed by atoms with Gasteiger partial charge in [-0.05, 0) is 113 Å². The topological polar surface area (TPSA) is 0 Å². The van der Waals surface area contributed by atoms with E-state index in [1.54, 1.807) is 0 Å². The van der Waals surface area contributed by atoms with Crippen molar-refractivity contribution in [3.63, 3.8) is 0 Å². The molecule has 1 heteroatoms. The van der Waals surface area contributed by atoms with Crippen LogP contribution in [-0.4, -0.2) is 0 Å². The first-order valence-corrected chi connectivity index (χ1v) is 11.5. The lowest BCUT2D eigenvalue weighted by Gasteiger charge is -2.32. The maximum absolute atomic E-state index is 4.50. The number of hydrogen-bond donors (Lipinski definition) is 0. The number of allylic oxidation sites excluding steroid dienone is 5. The summed E-state index contributed by atoms with van der Waals surface area (Å²) in [4.78, 5) is 0. The molecule has 0 radical (unpaired) electrons. The Bertz CT molecular complexity index is 927. The van der Waals surface area contributed by atoms with E-state index >= 15 is 0 Å².